The van der Waals surface area contributed by atoms with Crippen molar-refractivity contribution < 1.29 is 18.3 Å². The van der Waals surface area contributed by atoms with Gasteiger partial charge in [-0.25, -0.2) is 13.2 Å². The molecule has 0 radical (unpaired) electrons. The summed E-state index contributed by atoms with van der Waals surface area (Å²) in [4.78, 5) is 0. The quantitative estimate of drug-likeness (QED) is 0.856. The second kappa shape index (κ2) is 4.81. The predicted molar refractivity (Wildman–Crippen MR) is 58.3 cm³/mol. The van der Waals surface area contributed by atoms with E-state index in [1.54, 1.807) is 6.92 Å². The molecule has 1 unspecified atom stereocenters. The third-order valence-corrected chi connectivity index (χ3v) is 2.66. The van der Waals surface area contributed by atoms with Gasteiger partial charge in [0.1, 0.15) is 11.9 Å². The van der Waals surface area contributed by atoms with Crippen molar-refractivity contribution >= 4 is 0 Å². The van der Waals surface area contributed by atoms with Gasteiger partial charge < -0.3 is 5.11 Å². The van der Waals surface area contributed by atoms with E-state index >= 15 is 0 Å². The van der Waals surface area contributed by atoms with Crippen LogP contribution in [-0.4, -0.2) is 14.9 Å². The van der Waals surface area contributed by atoms with Gasteiger partial charge in [-0.15, -0.1) is 0 Å². The van der Waals surface area contributed by atoms with Crippen LogP contribution in [0.3, 0.4) is 0 Å². The van der Waals surface area contributed by atoms with Gasteiger partial charge in [-0.1, -0.05) is 0 Å². The van der Waals surface area contributed by atoms with E-state index in [4.69, 9.17) is 0 Å². The first-order chi connectivity index (χ1) is 8.54. The number of aliphatic hydroxyl groups is 1. The van der Waals surface area contributed by atoms with E-state index < -0.39 is 23.6 Å². The maximum atomic E-state index is 13.5. The fourth-order valence-electron chi connectivity index (χ4n) is 1.75. The number of aliphatic hydroxyl groups excluding tert-OH is 1. The Labute approximate surface area is 101 Å². The highest BCUT2D eigenvalue weighted by atomic mass is 19.2. The molecule has 0 saturated heterocycles. The van der Waals surface area contributed by atoms with E-state index in [2.05, 4.69) is 5.10 Å². The molecule has 2 rings (SSSR count). The molecule has 0 amide bonds. The molecule has 2 aromatic rings. The molecule has 0 saturated carbocycles. The Morgan fingerprint density at radius 2 is 1.89 bits per heavy atom. The highest BCUT2D eigenvalue weighted by Crippen LogP contribution is 2.25. The van der Waals surface area contributed by atoms with Crippen molar-refractivity contribution in [3.05, 3.63) is 53.1 Å². The summed E-state index contributed by atoms with van der Waals surface area (Å²) < 4.78 is 40.8. The largest absolute Gasteiger partial charge is 0.382 e. The first-order valence-corrected chi connectivity index (χ1v) is 5.38. The molecule has 0 aliphatic heterocycles. The number of nitrogens with zero attached hydrogens (tertiary/aromatic N) is 2. The molecule has 0 bridgehead atoms. The summed E-state index contributed by atoms with van der Waals surface area (Å²) in [5.74, 6) is -3.48. The van der Waals surface area contributed by atoms with Crippen molar-refractivity contribution in [2.45, 2.75) is 19.6 Å². The molecule has 0 aliphatic rings. The minimum absolute atomic E-state index is 0.316. The summed E-state index contributed by atoms with van der Waals surface area (Å²) in [6, 6.07) is 2.57. The van der Waals surface area contributed by atoms with Gasteiger partial charge in [0.15, 0.2) is 11.6 Å². The monoisotopic (exact) mass is 256 g/mol. The molecule has 0 spiro atoms. The van der Waals surface area contributed by atoms with E-state index in [1.165, 1.54) is 16.9 Å². The topological polar surface area (TPSA) is 38.0 Å². The average molecular weight is 256 g/mol. The molecule has 6 heteroatoms. The summed E-state index contributed by atoms with van der Waals surface area (Å²) in [5, 5.41) is 13.9. The number of aryl methyl sites for hydroxylation is 1. The minimum atomic E-state index is -1.39. The van der Waals surface area contributed by atoms with Crippen molar-refractivity contribution in [1.29, 1.82) is 0 Å². The molecular weight excluding hydrogens is 245 g/mol. The Bertz CT molecular complexity index is 568. The number of halogens is 3. The van der Waals surface area contributed by atoms with E-state index in [1.807, 2.05) is 0 Å². The molecule has 0 fully saturated rings. The zero-order chi connectivity index (χ0) is 13.3. The van der Waals surface area contributed by atoms with Gasteiger partial charge in [0, 0.05) is 24.4 Å². The van der Waals surface area contributed by atoms with Crippen LogP contribution in [0.5, 0.6) is 0 Å². The van der Waals surface area contributed by atoms with Gasteiger partial charge in [0.05, 0.1) is 5.69 Å². The fraction of sp³-hybridized carbons (Fsp3) is 0.250. The standard InChI is InChI=1S/C12H11F3N2O/c1-2-17-11(3-4-16-17)12(18)7-5-9(14)10(15)6-8(7)13/h3-6,12,18H,2H2,1H3. The summed E-state index contributed by atoms with van der Waals surface area (Å²) in [7, 11) is 0. The van der Waals surface area contributed by atoms with Crippen molar-refractivity contribution in [2.24, 2.45) is 0 Å². The summed E-state index contributed by atoms with van der Waals surface area (Å²) >= 11 is 0. The molecule has 1 atom stereocenters. The van der Waals surface area contributed by atoms with E-state index in [9.17, 15) is 18.3 Å². The Kier molecular flexibility index (Phi) is 3.38. The predicted octanol–water partition coefficient (Wildman–Crippen LogP) is 2.40. The van der Waals surface area contributed by atoms with Gasteiger partial charge in [0.25, 0.3) is 0 Å². The van der Waals surface area contributed by atoms with Gasteiger partial charge in [0.2, 0.25) is 0 Å². The first kappa shape index (κ1) is 12.6. The van der Waals surface area contributed by atoms with Crippen molar-refractivity contribution in [1.82, 2.24) is 9.78 Å². The van der Waals surface area contributed by atoms with Gasteiger partial charge >= 0.3 is 0 Å². The molecule has 1 heterocycles. The summed E-state index contributed by atoms with van der Waals surface area (Å²) in [6.45, 7) is 2.27. The Morgan fingerprint density at radius 1 is 1.22 bits per heavy atom. The third kappa shape index (κ3) is 2.11. The van der Waals surface area contributed by atoms with E-state index in [0.717, 1.165) is 0 Å². The number of hydrogen-bond acceptors (Lipinski definition) is 2. The number of aromatic nitrogens is 2. The highest BCUT2D eigenvalue weighted by Gasteiger charge is 2.21. The lowest BCUT2D eigenvalue weighted by Crippen LogP contribution is -2.11. The smallest absolute Gasteiger partial charge is 0.161 e. The van der Waals surface area contributed by atoms with Crippen LogP contribution in [0, 0.1) is 17.5 Å². The maximum absolute atomic E-state index is 13.5. The fourth-order valence-corrected chi connectivity index (χ4v) is 1.75. The lowest BCUT2D eigenvalue weighted by molar-refractivity contribution is 0.202. The number of rotatable bonds is 3. The van der Waals surface area contributed by atoms with Crippen LogP contribution < -0.4 is 0 Å². The molecular formula is C12H11F3N2O. The van der Waals surface area contributed by atoms with Crippen LogP contribution >= 0.6 is 0 Å². The summed E-state index contributed by atoms with van der Waals surface area (Å²) in [5.41, 5.74) is 0.00603. The Hall–Kier alpha value is -1.82. The lowest BCUT2D eigenvalue weighted by Gasteiger charge is -2.13. The van der Waals surface area contributed by atoms with Crippen LogP contribution in [0.15, 0.2) is 24.4 Å². The van der Waals surface area contributed by atoms with Crippen molar-refractivity contribution in [3.8, 4) is 0 Å². The number of hydrogen-bond donors (Lipinski definition) is 1. The lowest BCUT2D eigenvalue weighted by atomic mass is 10.1. The minimum Gasteiger partial charge on any atom is -0.382 e. The normalized spacial score (nSPS) is 12.7. The molecule has 0 aliphatic carbocycles. The van der Waals surface area contributed by atoms with Crippen LogP contribution in [0.25, 0.3) is 0 Å². The zero-order valence-corrected chi connectivity index (χ0v) is 9.57. The van der Waals surface area contributed by atoms with E-state index in [0.29, 0.717) is 24.4 Å². The SMILES string of the molecule is CCn1nccc1C(O)c1cc(F)c(F)cc1F. The van der Waals surface area contributed by atoms with Crippen molar-refractivity contribution in [2.75, 3.05) is 0 Å². The third-order valence-electron chi connectivity index (χ3n) is 2.66. The average Bonchev–Trinajstić information content (AvgIpc) is 2.81. The highest BCUT2D eigenvalue weighted by molar-refractivity contribution is 5.28. The van der Waals surface area contributed by atoms with Crippen molar-refractivity contribution in [3.63, 3.8) is 0 Å². The molecule has 1 aromatic carbocycles. The molecule has 18 heavy (non-hydrogen) atoms. The van der Waals surface area contributed by atoms with Gasteiger partial charge in [-0.05, 0) is 19.1 Å². The van der Waals surface area contributed by atoms with Crippen LogP contribution in [0.4, 0.5) is 13.2 Å². The molecule has 96 valence electrons. The van der Waals surface area contributed by atoms with Gasteiger partial charge in [-0.3, -0.25) is 4.68 Å². The Morgan fingerprint density at radius 3 is 2.56 bits per heavy atom. The molecule has 1 aromatic heterocycles. The maximum Gasteiger partial charge on any atom is 0.161 e. The zero-order valence-electron chi connectivity index (χ0n) is 9.57. The second-order valence-electron chi connectivity index (χ2n) is 3.76. The first-order valence-electron chi connectivity index (χ1n) is 5.38. The van der Waals surface area contributed by atoms with Crippen LogP contribution in [0.1, 0.15) is 24.3 Å². The molecule has 1 N–H and O–H groups in total. The molecule has 3 nitrogen and oxygen atoms in total. The van der Waals surface area contributed by atoms with Gasteiger partial charge in [-0.2, -0.15) is 5.10 Å². The summed E-state index contributed by atoms with van der Waals surface area (Å²) in [6.07, 6.45) is 0.0578. The van der Waals surface area contributed by atoms with E-state index in [-0.39, 0.29) is 5.56 Å². The van der Waals surface area contributed by atoms with Crippen LogP contribution in [0.2, 0.25) is 0 Å². The van der Waals surface area contributed by atoms with Crippen LogP contribution in [-0.2, 0) is 6.54 Å². The second-order valence-corrected chi connectivity index (χ2v) is 3.76. The Balaban J connectivity index is 2.46. The number of benzene rings is 1.